The smallest absolute Gasteiger partial charge is 0.128 e. The van der Waals surface area contributed by atoms with E-state index in [1.165, 1.54) is 11.1 Å². The van der Waals surface area contributed by atoms with Gasteiger partial charge >= 0.3 is 0 Å². The van der Waals surface area contributed by atoms with E-state index >= 15 is 0 Å². The lowest BCUT2D eigenvalue weighted by molar-refractivity contribution is 0.891. The molecule has 0 radical (unpaired) electrons. The molecule has 0 fully saturated rings. The fraction of sp³-hybridized carbons (Fsp3) is 0.214. The Morgan fingerprint density at radius 3 is 2.56 bits per heavy atom. The van der Waals surface area contributed by atoms with E-state index in [1.54, 1.807) is 0 Å². The minimum atomic E-state index is 0.829. The first-order valence-electron chi connectivity index (χ1n) is 5.64. The first-order chi connectivity index (χ1) is 8.58. The quantitative estimate of drug-likeness (QED) is 0.788. The summed E-state index contributed by atoms with van der Waals surface area (Å²) in [6.07, 6.45) is 1.85. The second kappa shape index (κ2) is 5.85. The minimum Gasteiger partial charge on any atom is -0.355 e. The predicted molar refractivity (Wildman–Crippen MR) is 82.9 cm³/mol. The van der Waals surface area contributed by atoms with Gasteiger partial charge in [-0.05, 0) is 46.1 Å². The number of benzene rings is 1. The molecule has 0 saturated heterocycles. The Morgan fingerprint density at radius 1 is 1.17 bits per heavy atom. The van der Waals surface area contributed by atoms with E-state index < -0.39 is 0 Å². The lowest BCUT2D eigenvalue weighted by Crippen LogP contribution is -2.18. The van der Waals surface area contributed by atoms with Crippen molar-refractivity contribution < 1.29 is 0 Å². The van der Waals surface area contributed by atoms with Crippen LogP contribution in [0.1, 0.15) is 11.1 Å². The van der Waals surface area contributed by atoms with Crippen molar-refractivity contribution in [1.82, 2.24) is 4.98 Å². The van der Waals surface area contributed by atoms with Gasteiger partial charge in [-0.25, -0.2) is 4.98 Å². The normalized spacial score (nSPS) is 10.4. The fourth-order valence-electron chi connectivity index (χ4n) is 1.70. The van der Waals surface area contributed by atoms with Gasteiger partial charge in [-0.15, -0.1) is 0 Å². The van der Waals surface area contributed by atoms with E-state index in [0.29, 0.717) is 0 Å². The van der Waals surface area contributed by atoms with Gasteiger partial charge in [-0.1, -0.05) is 34.1 Å². The van der Waals surface area contributed by atoms with Gasteiger partial charge in [0, 0.05) is 28.7 Å². The molecule has 18 heavy (non-hydrogen) atoms. The van der Waals surface area contributed by atoms with E-state index in [0.717, 1.165) is 21.3 Å². The second-order valence-electron chi connectivity index (χ2n) is 4.24. The maximum Gasteiger partial charge on any atom is 0.128 e. The molecule has 1 aromatic carbocycles. The molecule has 94 valence electrons. The SMILES string of the molecule is Cc1cc(N(C)Cc2ccccc2Br)ncc1Br. The molecule has 2 aromatic rings. The number of hydrogen-bond acceptors (Lipinski definition) is 2. The Balaban J connectivity index is 2.19. The van der Waals surface area contributed by atoms with Crippen molar-refractivity contribution >= 4 is 37.7 Å². The molecule has 0 bridgehead atoms. The predicted octanol–water partition coefficient (Wildman–Crippen LogP) is 4.55. The third-order valence-electron chi connectivity index (χ3n) is 2.79. The zero-order valence-corrected chi connectivity index (χ0v) is 13.5. The largest absolute Gasteiger partial charge is 0.355 e. The Morgan fingerprint density at radius 2 is 1.89 bits per heavy atom. The van der Waals surface area contributed by atoms with Gasteiger partial charge in [0.1, 0.15) is 5.82 Å². The molecule has 4 heteroatoms. The monoisotopic (exact) mass is 368 g/mol. The van der Waals surface area contributed by atoms with Gasteiger partial charge in [0.25, 0.3) is 0 Å². The molecule has 0 aliphatic heterocycles. The molecule has 0 atom stereocenters. The first-order valence-corrected chi connectivity index (χ1v) is 7.23. The highest BCUT2D eigenvalue weighted by atomic mass is 79.9. The van der Waals surface area contributed by atoms with E-state index in [2.05, 4.69) is 73.9 Å². The highest BCUT2D eigenvalue weighted by Crippen LogP contribution is 2.22. The van der Waals surface area contributed by atoms with Crippen LogP contribution in [0, 0.1) is 6.92 Å². The molecular formula is C14H14Br2N2. The molecule has 2 nitrogen and oxygen atoms in total. The zero-order valence-electron chi connectivity index (χ0n) is 10.3. The summed E-state index contributed by atoms with van der Waals surface area (Å²) in [5.74, 6) is 0.978. The van der Waals surface area contributed by atoms with Crippen molar-refractivity contribution in [2.75, 3.05) is 11.9 Å². The number of pyridine rings is 1. The van der Waals surface area contributed by atoms with Crippen LogP contribution in [0.4, 0.5) is 5.82 Å². The van der Waals surface area contributed by atoms with Crippen molar-refractivity contribution in [3.05, 3.63) is 56.6 Å². The number of halogens is 2. The van der Waals surface area contributed by atoms with E-state index in [9.17, 15) is 0 Å². The molecule has 0 aliphatic rings. The molecule has 0 amide bonds. The maximum atomic E-state index is 4.43. The van der Waals surface area contributed by atoms with Crippen molar-refractivity contribution in [1.29, 1.82) is 0 Å². The van der Waals surface area contributed by atoms with E-state index in [-0.39, 0.29) is 0 Å². The topological polar surface area (TPSA) is 16.1 Å². The summed E-state index contributed by atoms with van der Waals surface area (Å²) in [6.45, 7) is 2.90. The number of rotatable bonds is 3. The van der Waals surface area contributed by atoms with E-state index in [4.69, 9.17) is 0 Å². The van der Waals surface area contributed by atoms with Crippen molar-refractivity contribution in [2.24, 2.45) is 0 Å². The van der Waals surface area contributed by atoms with Crippen LogP contribution in [0.15, 0.2) is 45.5 Å². The number of aryl methyl sites for hydroxylation is 1. The molecule has 1 heterocycles. The third kappa shape index (κ3) is 3.12. The Labute approximate surface area is 124 Å². The van der Waals surface area contributed by atoms with Crippen LogP contribution in [0.3, 0.4) is 0 Å². The molecule has 2 rings (SSSR count). The van der Waals surface area contributed by atoms with Crippen molar-refractivity contribution in [3.63, 3.8) is 0 Å². The van der Waals surface area contributed by atoms with Crippen LogP contribution < -0.4 is 4.90 Å². The molecule has 0 N–H and O–H groups in total. The summed E-state index contributed by atoms with van der Waals surface area (Å²) in [5.41, 5.74) is 2.45. The van der Waals surface area contributed by atoms with Gasteiger partial charge in [0.05, 0.1) is 0 Å². The summed E-state index contributed by atoms with van der Waals surface area (Å²) in [4.78, 5) is 6.57. The number of anilines is 1. The number of nitrogens with zero attached hydrogens (tertiary/aromatic N) is 2. The van der Waals surface area contributed by atoms with Crippen LogP contribution in [0.2, 0.25) is 0 Å². The molecule has 0 aliphatic carbocycles. The Bertz CT molecular complexity index is 555. The zero-order chi connectivity index (χ0) is 13.1. The van der Waals surface area contributed by atoms with Gasteiger partial charge in [-0.2, -0.15) is 0 Å². The van der Waals surface area contributed by atoms with Crippen LogP contribution in [0.5, 0.6) is 0 Å². The Hall–Kier alpha value is -0.870. The molecule has 1 aromatic heterocycles. The summed E-state index contributed by atoms with van der Waals surface area (Å²) in [6, 6.07) is 10.3. The van der Waals surface area contributed by atoms with Crippen molar-refractivity contribution in [3.8, 4) is 0 Å². The third-order valence-corrected chi connectivity index (χ3v) is 4.39. The van der Waals surface area contributed by atoms with Gasteiger partial charge < -0.3 is 4.90 Å². The summed E-state index contributed by atoms with van der Waals surface area (Å²) >= 11 is 7.04. The average molecular weight is 370 g/mol. The molecular weight excluding hydrogens is 356 g/mol. The highest BCUT2D eigenvalue weighted by molar-refractivity contribution is 9.10. The van der Waals surface area contributed by atoms with Gasteiger partial charge in [0.15, 0.2) is 0 Å². The van der Waals surface area contributed by atoms with Gasteiger partial charge in [0.2, 0.25) is 0 Å². The molecule has 0 spiro atoms. The lowest BCUT2D eigenvalue weighted by atomic mass is 10.2. The average Bonchev–Trinajstić information content (AvgIpc) is 2.35. The van der Waals surface area contributed by atoms with Crippen molar-refractivity contribution in [2.45, 2.75) is 13.5 Å². The first kappa shape index (κ1) is 13.6. The minimum absolute atomic E-state index is 0.829. The molecule has 0 saturated carbocycles. The number of aromatic nitrogens is 1. The van der Waals surface area contributed by atoms with Crippen LogP contribution in [-0.4, -0.2) is 12.0 Å². The summed E-state index contributed by atoms with van der Waals surface area (Å²) in [7, 11) is 2.05. The highest BCUT2D eigenvalue weighted by Gasteiger charge is 2.07. The van der Waals surface area contributed by atoms with Crippen LogP contribution in [-0.2, 0) is 6.54 Å². The standard InChI is InChI=1S/C14H14Br2N2/c1-10-7-14(17-8-13(10)16)18(2)9-11-5-3-4-6-12(11)15/h3-8H,9H2,1-2H3. The van der Waals surface area contributed by atoms with Crippen LogP contribution in [0.25, 0.3) is 0 Å². The fourth-order valence-corrected chi connectivity index (χ4v) is 2.32. The maximum absolute atomic E-state index is 4.43. The van der Waals surface area contributed by atoms with Crippen LogP contribution >= 0.6 is 31.9 Å². The second-order valence-corrected chi connectivity index (χ2v) is 5.95. The summed E-state index contributed by atoms with van der Waals surface area (Å²) < 4.78 is 2.17. The number of hydrogen-bond donors (Lipinski definition) is 0. The Kier molecular flexibility index (Phi) is 4.40. The summed E-state index contributed by atoms with van der Waals surface area (Å²) in [5, 5.41) is 0. The van der Waals surface area contributed by atoms with Gasteiger partial charge in [-0.3, -0.25) is 0 Å². The lowest BCUT2D eigenvalue weighted by Gasteiger charge is -2.19. The van der Waals surface area contributed by atoms with E-state index in [1.807, 2.05) is 18.3 Å². The molecule has 0 unspecified atom stereocenters.